The molecule has 2 heterocycles. The van der Waals surface area contributed by atoms with Gasteiger partial charge in [-0.1, -0.05) is 13.8 Å². The summed E-state index contributed by atoms with van der Waals surface area (Å²) in [5.74, 6) is -0.821. The molecule has 0 spiro atoms. The lowest BCUT2D eigenvalue weighted by molar-refractivity contribution is -0.136. The van der Waals surface area contributed by atoms with E-state index in [1.807, 2.05) is 20.8 Å². The number of pyridine rings is 1. The number of anilines is 1. The molecule has 0 aliphatic carbocycles. The maximum atomic E-state index is 11.4. The van der Waals surface area contributed by atoms with E-state index in [9.17, 15) is 9.90 Å². The Bertz CT molecular complexity index is 725. The van der Waals surface area contributed by atoms with Crippen LogP contribution < -0.4 is 4.90 Å². The molecule has 1 aromatic heterocycles. The van der Waals surface area contributed by atoms with E-state index >= 15 is 0 Å². The number of rotatable bonds is 9. The van der Waals surface area contributed by atoms with Crippen LogP contribution >= 0.6 is 0 Å². The fourth-order valence-electron chi connectivity index (χ4n) is 3.59. The minimum absolute atomic E-state index is 0.000374. The minimum atomic E-state index is -0.821. The Morgan fingerprint density at radius 3 is 2.16 bits per heavy atom. The third kappa shape index (κ3) is 10.3. The number of aromatic nitrogens is 1. The van der Waals surface area contributed by atoms with Gasteiger partial charge in [-0.3, -0.25) is 9.78 Å². The fourth-order valence-corrected chi connectivity index (χ4v) is 3.59. The number of carboxylic acids is 1. The molecule has 0 saturated carbocycles. The number of hydrogen-bond donors (Lipinski definition) is 2. The predicted molar refractivity (Wildman–Crippen MR) is 128 cm³/mol. The molecular weight excluding hydrogens is 408 g/mol. The third-order valence-electron chi connectivity index (χ3n) is 5.39. The van der Waals surface area contributed by atoms with E-state index in [1.165, 1.54) is 0 Å². The highest BCUT2D eigenvalue weighted by Crippen LogP contribution is 2.36. The molecular formula is C25H44N2O5. The summed E-state index contributed by atoms with van der Waals surface area (Å²) in [6.07, 6.45) is 2.20. The number of piperidine rings is 1. The first-order chi connectivity index (χ1) is 14.7. The van der Waals surface area contributed by atoms with Crippen molar-refractivity contribution < 1.29 is 24.5 Å². The first kappa shape index (κ1) is 28.3. The van der Waals surface area contributed by atoms with Gasteiger partial charge in [-0.05, 0) is 65.4 Å². The molecule has 1 saturated heterocycles. The van der Waals surface area contributed by atoms with Crippen LogP contribution in [0, 0.1) is 19.3 Å². The van der Waals surface area contributed by atoms with Gasteiger partial charge in [0.05, 0.1) is 37.5 Å². The predicted octanol–water partition coefficient (Wildman–Crippen LogP) is 4.28. The van der Waals surface area contributed by atoms with E-state index in [2.05, 4.69) is 23.7 Å². The summed E-state index contributed by atoms with van der Waals surface area (Å²) in [4.78, 5) is 18.5. The van der Waals surface area contributed by atoms with Crippen LogP contribution in [0.4, 0.5) is 5.69 Å². The summed E-state index contributed by atoms with van der Waals surface area (Å²) >= 11 is 0. The summed E-state index contributed by atoms with van der Waals surface area (Å²) in [5, 5.41) is 17.9. The SMILES string of the molecule is CC(C)(C)O.CCOCCOCc1nc(C)c(CC(=O)O)c(N2CCC(C)(C)CC2)c1C. The Balaban J connectivity index is 0.000000920. The summed E-state index contributed by atoms with van der Waals surface area (Å²) in [5.41, 5.74) is 4.42. The number of hydrogen-bond acceptors (Lipinski definition) is 6. The average Bonchev–Trinajstić information content (AvgIpc) is 2.64. The van der Waals surface area contributed by atoms with Crippen LogP contribution in [-0.4, -0.2) is 59.7 Å². The highest BCUT2D eigenvalue weighted by Gasteiger charge is 2.29. The Kier molecular flexibility index (Phi) is 11.1. The van der Waals surface area contributed by atoms with Crippen LogP contribution in [0.25, 0.3) is 0 Å². The van der Waals surface area contributed by atoms with Crippen molar-refractivity contribution in [1.29, 1.82) is 0 Å². The van der Waals surface area contributed by atoms with Gasteiger partial charge in [0.1, 0.15) is 0 Å². The lowest BCUT2D eigenvalue weighted by atomic mass is 9.82. The van der Waals surface area contributed by atoms with Crippen molar-refractivity contribution in [2.24, 2.45) is 5.41 Å². The molecule has 1 aliphatic rings. The molecule has 32 heavy (non-hydrogen) atoms. The Hall–Kier alpha value is -1.70. The number of nitrogens with zero attached hydrogens (tertiary/aromatic N) is 2. The van der Waals surface area contributed by atoms with Crippen LogP contribution in [0.15, 0.2) is 0 Å². The summed E-state index contributed by atoms with van der Waals surface area (Å²) in [6.45, 7) is 19.8. The van der Waals surface area contributed by atoms with Gasteiger partial charge in [0.15, 0.2) is 0 Å². The monoisotopic (exact) mass is 452 g/mol. The number of aliphatic hydroxyl groups is 1. The van der Waals surface area contributed by atoms with Crippen molar-refractivity contribution in [2.75, 3.05) is 37.8 Å². The lowest BCUT2D eigenvalue weighted by Gasteiger charge is -2.40. The largest absolute Gasteiger partial charge is 0.481 e. The van der Waals surface area contributed by atoms with Crippen LogP contribution in [-0.2, 0) is 27.3 Å². The second kappa shape index (κ2) is 12.5. The van der Waals surface area contributed by atoms with Crippen molar-refractivity contribution in [2.45, 2.75) is 86.9 Å². The number of aliphatic carboxylic acids is 1. The van der Waals surface area contributed by atoms with Gasteiger partial charge >= 0.3 is 5.97 Å². The molecule has 0 atom stereocenters. The molecule has 184 valence electrons. The normalized spacial score (nSPS) is 15.8. The maximum Gasteiger partial charge on any atom is 0.307 e. The van der Waals surface area contributed by atoms with E-state index in [4.69, 9.17) is 14.6 Å². The second-order valence-electron chi connectivity index (χ2n) is 10.2. The van der Waals surface area contributed by atoms with Crippen LogP contribution in [0.5, 0.6) is 0 Å². The molecule has 7 nitrogen and oxygen atoms in total. The second-order valence-corrected chi connectivity index (χ2v) is 10.2. The molecule has 2 rings (SSSR count). The third-order valence-corrected chi connectivity index (χ3v) is 5.39. The fraction of sp³-hybridized carbons (Fsp3) is 0.760. The Morgan fingerprint density at radius 1 is 1.12 bits per heavy atom. The lowest BCUT2D eigenvalue weighted by Crippen LogP contribution is -2.38. The van der Waals surface area contributed by atoms with E-state index in [1.54, 1.807) is 20.8 Å². The van der Waals surface area contributed by atoms with Crippen molar-refractivity contribution in [3.63, 3.8) is 0 Å². The first-order valence-corrected chi connectivity index (χ1v) is 11.6. The minimum Gasteiger partial charge on any atom is -0.481 e. The number of carboxylic acid groups (broad SMARTS) is 1. The average molecular weight is 453 g/mol. The number of carbonyl (C=O) groups is 1. The van der Waals surface area contributed by atoms with E-state index in [0.717, 1.165) is 54.1 Å². The highest BCUT2D eigenvalue weighted by atomic mass is 16.5. The number of ether oxygens (including phenoxy) is 2. The highest BCUT2D eigenvalue weighted by molar-refractivity contribution is 5.75. The van der Waals surface area contributed by atoms with E-state index < -0.39 is 11.6 Å². The van der Waals surface area contributed by atoms with E-state index in [-0.39, 0.29) is 6.42 Å². The maximum absolute atomic E-state index is 11.4. The van der Waals surface area contributed by atoms with Crippen LogP contribution in [0.1, 0.15) is 76.9 Å². The summed E-state index contributed by atoms with van der Waals surface area (Å²) < 4.78 is 11.0. The first-order valence-electron chi connectivity index (χ1n) is 11.6. The molecule has 0 amide bonds. The zero-order valence-electron chi connectivity index (χ0n) is 21.4. The van der Waals surface area contributed by atoms with Gasteiger partial charge < -0.3 is 24.6 Å². The molecule has 0 aromatic carbocycles. The van der Waals surface area contributed by atoms with Crippen molar-refractivity contribution in [1.82, 2.24) is 4.98 Å². The molecule has 1 aromatic rings. The van der Waals surface area contributed by atoms with Gasteiger partial charge in [0, 0.05) is 36.6 Å². The molecule has 1 fully saturated rings. The standard InChI is InChI=1S/C21H34N2O4.C4H10O/c1-6-26-11-12-27-14-18-15(2)20(17(13-19(24)25)16(3)22-18)23-9-7-21(4,5)8-10-23;1-4(2,3)5/h6-14H2,1-5H3,(H,24,25);5H,1-3H3. The van der Waals surface area contributed by atoms with Crippen LogP contribution in [0.2, 0.25) is 0 Å². The summed E-state index contributed by atoms with van der Waals surface area (Å²) in [7, 11) is 0. The topological polar surface area (TPSA) is 92.1 Å². The van der Waals surface area contributed by atoms with Gasteiger partial charge in [-0.25, -0.2) is 0 Å². The van der Waals surface area contributed by atoms with Gasteiger partial charge in [0.25, 0.3) is 0 Å². The van der Waals surface area contributed by atoms with E-state index in [0.29, 0.717) is 31.8 Å². The van der Waals surface area contributed by atoms with Crippen molar-refractivity contribution in [3.8, 4) is 0 Å². The van der Waals surface area contributed by atoms with Gasteiger partial charge in [-0.15, -0.1) is 0 Å². The molecule has 7 heteroatoms. The van der Waals surface area contributed by atoms with Crippen molar-refractivity contribution >= 4 is 11.7 Å². The molecule has 2 N–H and O–H groups in total. The van der Waals surface area contributed by atoms with Crippen molar-refractivity contribution in [3.05, 3.63) is 22.5 Å². The molecule has 0 radical (unpaired) electrons. The zero-order chi connectivity index (χ0) is 24.5. The number of aryl methyl sites for hydroxylation is 1. The van der Waals surface area contributed by atoms with Gasteiger partial charge in [-0.2, -0.15) is 0 Å². The zero-order valence-corrected chi connectivity index (χ0v) is 21.4. The Morgan fingerprint density at radius 2 is 1.66 bits per heavy atom. The smallest absolute Gasteiger partial charge is 0.307 e. The molecule has 0 unspecified atom stereocenters. The van der Waals surface area contributed by atoms with Crippen LogP contribution in [0.3, 0.4) is 0 Å². The molecule has 0 bridgehead atoms. The van der Waals surface area contributed by atoms with Gasteiger partial charge in [0.2, 0.25) is 0 Å². The quantitative estimate of drug-likeness (QED) is 0.540. The molecule has 1 aliphatic heterocycles. The Labute approximate surface area is 194 Å². The summed E-state index contributed by atoms with van der Waals surface area (Å²) in [6, 6.07) is 0.